The van der Waals surface area contributed by atoms with E-state index in [4.69, 9.17) is 0 Å². The summed E-state index contributed by atoms with van der Waals surface area (Å²) in [5.41, 5.74) is 2.39. The standard InChI is InChI=1S/C10H10N2O2/c13-12(14)8-4-9-6-1-2-7(3-6)10(9)11-5-8/h4-7H,1-3H2. The normalized spacial score (nSPS) is 27.7. The molecule has 0 aromatic carbocycles. The molecule has 2 unspecified atom stereocenters. The zero-order valence-electron chi connectivity index (χ0n) is 7.64. The molecule has 2 atom stereocenters. The molecule has 3 rings (SSSR count). The second-order valence-corrected chi connectivity index (χ2v) is 4.13. The lowest BCUT2D eigenvalue weighted by Crippen LogP contribution is -2.02. The van der Waals surface area contributed by atoms with E-state index in [9.17, 15) is 10.1 Å². The van der Waals surface area contributed by atoms with Gasteiger partial charge in [0, 0.05) is 17.7 Å². The molecule has 2 bridgehead atoms. The highest BCUT2D eigenvalue weighted by atomic mass is 16.6. The van der Waals surface area contributed by atoms with Gasteiger partial charge in [0.25, 0.3) is 5.69 Å². The van der Waals surface area contributed by atoms with Crippen molar-refractivity contribution in [3.8, 4) is 0 Å². The summed E-state index contributed by atoms with van der Waals surface area (Å²) in [7, 11) is 0. The van der Waals surface area contributed by atoms with E-state index in [1.165, 1.54) is 19.0 Å². The molecule has 1 aromatic rings. The maximum Gasteiger partial charge on any atom is 0.287 e. The first-order chi connectivity index (χ1) is 6.75. The largest absolute Gasteiger partial charge is 0.287 e. The Morgan fingerprint density at radius 3 is 3.00 bits per heavy atom. The van der Waals surface area contributed by atoms with Gasteiger partial charge in [0.2, 0.25) is 0 Å². The van der Waals surface area contributed by atoms with Crippen LogP contribution in [-0.4, -0.2) is 9.91 Å². The summed E-state index contributed by atoms with van der Waals surface area (Å²) in [5.74, 6) is 1.12. The molecule has 1 aromatic heterocycles. The molecule has 4 heteroatoms. The van der Waals surface area contributed by atoms with Crippen molar-refractivity contribution in [1.29, 1.82) is 0 Å². The molecule has 4 nitrogen and oxygen atoms in total. The Kier molecular flexibility index (Phi) is 1.43. The molecule has 0 spiro atoms. The van der Waals surface area contributed by atoms with Gasteiger partial charge >= 0.3 is 0 Å². The van der Waals surface area contributed by atoms with E-state index in [0.717, 1.165) is 17.7 Å². The Hall–Kier alpha value is -1.45. The van der Waals surface area contributed by atoms with Gasteiger partial charge in [0.1, 0.15) is 6.20 Å². The number of rotatable bonds is 1. The predicted molar refractivity (Wildman–Crippen MR) is 50.2 cm³/mol. The van der Waals surface area contributed by atoms with Gasteiger partial charge in [0.15, 0.2) is 0 Å². The summed E-state index contributed by atoms with van der Waals surface area (Å²) in [4.78, 5) is 14.4. The van der Waals surface area contributed by atoms with Crippen molar-refractivity contribution in [2.75, 3.05) is 0 Å². The fourth-order valence-corrected chi connectivity index (χ4v) is 2.76. The molecule has 1 saturated carbocycles. The smallest absolute Gasteiger partial charge is 0.258 e. The zero-order valence-corrected chi connectivity index (χ0v) is 7.64. The van der Waals surface area contributed by atoms with Crippen LogP contribution in [-0.2, 0) is 0 Å². The average molecular weight is 190 g/mol. The van der Waals surface area contributed by atoms with Crippen molar-refractivity contribution in [3.05, 3.63) is 33.6 Å². The SMILES string of the molecule is O=[N+]([O-])c1cnc2c(c1)C1CCC2C1. The minimum atomic E-state index is -0.362. The van der Waals surface area contributed by atoms with Crippen molar-refractivity contribution in [2.24, 2.45) is 0 Å². The van der Waals surface area contributed by atoms with E-state index in [1.807, 2.05) is 0 Å². The highest BCUT2D eigenvalue weighted by Gasteiger charge is 2.38. The summed E-state index contributed by atoms with van der Waals surface area (Å²) in [6.45, 7) is 0. The van der Waals surface area contributed by atoms with Crippen LogP contribution in [0.1, 0.15) is 42.4 Å². The molecule has 0 aliphatic heterocycles. The molecule has 2 aliphatic carbocycles. The Morgan fingerprint density at radius 1 is 1.43 bits per heavy atom. The molecule has 0 N–H and O–H groups in total. The lowest BCUT2D eigenvalue weighted by Gasteiger charge is -2.12. The lowest BCUT2D eigenvalue weighted by atomic mass is 9.96. The Labute approximate surface area is 81.1 Å². The first-order valence-corrected chi connectivity index (χ1v) is 4.90. The van der Waals surface area contributed by atoms with Gasteiger partial charge in [-0.3, -0.25) is 15.1 Å². The summed E-state index contributed by atoms with van der Waals surface area (Å²) >= 11 is 0. The monoisotopic (exact) mass is 190 g/mol. The van der Waals surface area contributed by atoms with Gasteiger partial charge < -0.3 is 0 Å². The van der Waals surface area contributed by atoms with E-state index < -0.39 is 0 Å². The molecule has 72 valence electrons. The molecule has 0 saturated heterocycles. The number of nitrogens with zero attached hydrogens (tertiary/aromatic N) is 2. The van der Waals surface area contributed by atoms with E-state index in [-0.39, 0.29) is 10.6 Å². The number of hydrogen-bond donors (Lipinski definition) is 0. The molecule has 1 heterocycles. The van der Waals surface area contributed by atoms with Crippen molar-refractivity contribution in [2.45, 2.75) is 31.1 Å². The quantitative estimate of drug-likeness (QED) is 0.504. The van der Waals surface area contributed by atoms with Gasteiger partial charge in [0.05, 0.1) is 4.92 Å². The van der Waals surface area contributed by atoms with Crippen LogP contribution in [0.25, 0.3) is 0 Å². The molecular weight excluding hydrogens is 180 g/mol. The fraction of sp³-hybridized carbons (Fsp3) is 0.500. The number of pyridine rings is 1. The third-order valence-corrected chi connectivity index (χ3v) is 3.41. The number of nitro groups is 1. The number of aromatic nitrogens is 1. The van der Waals surface area contributed by atoms with E-state index in [0.29, 0.717) is 11.8 Å². The van der Waals surface area contributed by atoms with Crippen LogP contribution in [0.2, 0.25) is 0 Å². The van der Waals surface area contributed by atoms with Crippen molar-refractivity contribution < 1.29 is 4.92 Å². The zero-order chi connectivity index (χ0) is 9.71. The number of fused-ring (bicyclic) bond motifs is 5. The van der Waals surface area contributed by atoms with Crippen molar-refractivity contribution in [3.63, 3.8) is 0 Å². The lowest BCUT2D eigenvalue weighted by molar-refractivity contribution is -0.385. The Balaban J connectivity index is 2.12. The topological polar surface area (TPSA) is 56.0 Å². The van der Waals surface area contributed by atoms with Gasteiger partial charge in [-0.1, -0.05) is 0 Å². The van der Waals surface area contributed by atoms with E-state index >= 15 is 0 Å². The fourth-order valence-electron chi connectivity index (χ4n) is 2.76. The number of hydrogen-bond acceptors (Lipinski definition) is 3. The Bertz CT molecular complexity index is 417. The van der Waals surface area contributed by atoms with Crippen LogP contribution >= 0.6 is 0 Å². The molecule has 2 aliphatic rings. The second-order valence-electron chi connectivity index (χ2n) is 4.13. The van der Waals surface area contributed by atoms with Gasteiger partial charge in [-0.2, -0.15) is 0 Å². The maximum atomic E-state index is 10.6. The highest BCUT2D eigenvalue weighted by molar-refractivity contribution is 5.43. The highest BCUT2D eigenvalue weighted by Crippen LogP contribution is 2.52. The maximum absolute atomic E-state index is 10.6. The first-order valence-electron chi connectivity index (χ1n) is 4.90. The van der Waals surface area contributed by atoms with Crippen LogP contribution in [0.3, 0.4) is 0 Å². The Morgan fingerprint density at radius 2 is 2.21 bits per heavy atom. The molecule has 0 radical (unpaired) electrons. The van der Waals surface area contributed by atoms with E-state index in [1.54, 1.807) is 6.07 Å². The van der Waals surface area contributed by atoms with Crippen molar-refractivity contribution >= 4 is 5.69 Å². The molecular formula is C10H10N2O2. The molecule has 1 fully saturated rings. The van der Waals surface area contributed by atoms with Crippen molar-refractivity contribution in [1.82, 2.24) is 4.98 Å². The first kappa shape index (κ1) is 7.91. The average Bonchev–Trinajstić information content (AvgIpc) is 2.77. The second kappa shape index (κ2) is 2.53. The van der Waals surface area contributed by atoms with Gasteiger partial charge in [-0.05, 0) is 30.7 Å². The van der Waals surface area contributed by atoms with Crippen LogP contribution < -0.4 is 0 Å². The summed E-state index contributed by atoms with van der Waals surface area (Å²) in [6, 6.07) is 1.71. The molecule has 0 amide bonds. The third kappa shape index (κ3) is 0.908. The van der Waals surface area contributed by atoms with Gasteiger partial charge in [-0.15, -0.1) is 0 Å². The minimum absolute atomic E-state index is 0.135. The van der Waals surface area contributed by atoms with E-state index in [2.05, 4.69) is 4.98 Å². The summed E-state index contributed by atoms with van der Waals surface area (Å²) in [5, 5.41) is 10.6. The van der Waals surface area contributed by atoms with Crippen LogP contribution in [0.4, 0.5) is 5.69 Å². The van der Waals surface area contributed by atoms with Crippen LogP contribution in [0, 0.1) is 10.1 Å². The van der Waals surface area contributed by atoms with Gasteiger partial charge in [-0.25, -0.2) is 0 Å². The van der Waals surface area contributed by atoms with Crippen LogP contribution in [0.5, 0.6) is 0 Å². The van der Waals surface area contributed by atoms with Crippen LogP contribution in [0.15, 0.2) is 12.3 Å². The molecule has 14 heavy (non-hydrogen) atoms. The predicted octanol–water partition coefficient (Wildman–Crippen LogP) is 2.35. The minimum Gasteiger partial charge on any atom is -0.258 e. The summed E-state index contributed by atoms with van der Waals surface area (Å²) in [6.07, 6.45) is 4.94. The third-order valence-electron chi connectivity index (χ3n) is 3.41. The summed E-state index contributed by atoms with van der Waals surface area (Å²) < 4.78 is 0.